The number of ether oxygens (including phenoxy) is 1. The van der Waals surface area contributed by atoms with Gasteiger partial charge in [-0.1, -0.05) is 60.7 Å². The third-order valence-corrected chi connectivity index (χ3v) is 5.09. The maximum Gasteiger partial charge on any atom is 0.407 e. The zero-order chi connectivity index (χ0) is 20.2. The van der Waals surface area contributed by atoms with E-state index < -0.39 is 6.09 Å². The van der Waals surface area contributed by atoms with Gasteiger partial charge in [-0.2, -0.15) is 0 Å². The number of hydrogen-bond donors (Lipinski definition) is 2. The van der Waals surface area contributed by atoms with Crippen molar-refractivity contribution in [1.82, 2.24) is 10.3 Å². The van der Waals surface area contributed by atoms with Gasteiger partial charge in [0.2, 0.25) is 0 Å². The summed E-state index contributed by atoms with van der Waals surface area (Å²) in [5, 5.41) is 2.75. The van der Waals surface area contributed by atoms with Gasteiger partial charge in [0.25, 0.3) is 0 Å². The topological polar surface area (TPSA) is 77.2 Å². The van der Waals surface area contributed by atoms with Crippen LogP contribution in [0.1, 0.15) is 28.2 Å². The molecule has 0 saturated carbocycles. The Hall–Kier alpha value is -3.60. The van der Waals surface area contributed by atoms with Crippen LogP contribution in [0.3, 0.4) is 0 Å². The lowest BCUT2D eigenvalue weighted by atomic mass is 9.98. The van der Waals surface area contributed by atoms with E-state index in [4.69, 9.17) is 10.5 Å². The fourth-order valence-electron chi connectivity index (χ4n) is 3.71. The predicted octanol–water partition coefficient (Wildman–Crippen LogP) is 4.52. The number of aryl methyl sites for hydroxylation is 1. The highest BCUT2D eigenvalue weighted by molar-refractivity contribution is 5.79. The summed E-state index contributed by atoms with van der Waals surface area (Å²) in [6.45, 7) is 2.61. The highest BCUT2D eigenvalue weighted by atomic mass is 16.5. The van der Waals surface area contributed by atoms with Gasteiger partial charge in [0, 0.05) is 24.2 Å². The Morgan fingerprint density at radius 2 is 1.79 bits per heavy atom. The summed E-state index contributed by atoms with van der Waals surface area (Å²) in [6, 6.07) is 18.5. The van der Waals surface area contributed by atoms with Crippen LogP contribution in [0.5, 0.6) is 0 Å². The highest BCUT2D eigenvalue weighted by Gasteiger charge is 2.28. The summed E-state index contributed by atoms with van der Waals surface area (Å²) in [6.07, 6.45) is 4.96. The third kappa shape index (κ3) is 3.99. The fraction of sp³-hybridized carbons (Fsp3) is 0.167. The highest BCUT2D eigenvalue weighted by Crippen LogP contribution is 2.44. The van der Waals surface area contributed by atoms with E-state index in [0.717, 1.165) is 11.1 Å². The summed E-state index contributed by atoms with van der Waals surface area (Å²) < 4.78 is 5.51. The molecule has 0 atom stereocenters. The minimum absolute atomic E-state index is 0.0573. The molecule has 29 heavy (non-hydrogen) atoms. The van der Waals surface area contributed by atoms with Gasteiger partial charge in [0.05, 0.1) is 0 Å². The molecule has 1 heterocycles. The zero-order valence-electron chi connectivity index (χ0n) is 16.3. The number of alkyl carbamates (subject to hydrolysis) is 1. The Bertz CT molecular complexity index is 1030. The number of carbonyl (C=O) groups is 1. The quantitative estimate of drug-likeness (QED) is 0.677. The minimum Gasteiger partial charge on any atom is -0.449 e. The number of nitrogen functional groups attached to an aromatic ring is 1. The second kappa shape index (κ2) is 8.19. The van der Waals surface area contributed by atoms with Gasteiger partial charge in [-0.05, 0) is 40.8 Å². The van der Waals surface area contributed by atoms with Crippen LogP contribution in [0.4, 0.5) is 10.6 Å². The molecule has 4 rings (SSSR count). The summed E-state index contributed by atoms with van der Waals surface area (Å²) >= 11 is 0. The normalized spacial score (nSPS) is 12.6. The van der Waals surface area contributed by atoms with Crippen molar-refractivity contribution in [2.75, 3.05) is 18.9 Å². The van der Waals surface area contributed by atoms with Crippen LogP contribution in [0.15, 0.2) is 66.9 Å². The first-order chi connectivity index (χ1) is 14.1. The molecule has 1 aliphatic carbocycles. The largest absolute Gasteiger partial charge is 0.449 e. The number of nitrogens with zero attached hydrogens (tertiary/aromatic N) is 1. The number of carbonyl (C=O) groups excluding carboxylic acids is 1. The maximum absolute atomic E-state index is 12.2. The fourth-order valence-corrected chi connectivity index (χ4v) is 3.71. The van der Waals surface area contributed by atoms with Gasteiger partial charge >= 0.3 is 6.09 Å². The van der Waals surface area contributed by atoms with E-state index in [1.165, 1.54) is 22.3 Å². The molecule has 2 aromatic carbocycles. The summed E-state index contributed by atoms with van der Waals surface area (Å²) in [5.41, 5.74) is 12.5. The molecule has 3 N–H and O–H groups in total. The average Bonchev–Trinajstić information content (AvgIpc) is 3.06. The molecule has 5 nitrogen and oxygen atoms in total. The van der Waals surface area contributed by atoms with Crippen molar-refractivity contribution in [2.24, 2.45) is 0 Å². The number of nitrogens with one attached hydrogen (secondary N) is 1. The number of amides is 1. The van der Waals surface area contributed by atoms with Gasteiger partial charge < -0.3 is 15.8 Å². The van der Waals surface area contributed by atoms with Gasteiger partial charge in [-0.25, -0.2) is 9.78 Å². The summed E-state index contributed by atoms with van der Waals surface area (Å²) in [5.74, 6) is 0.523. The first kappa shape index (κ1) is 18.7. The summed E-state index contributed by atoms with van der Waals surface area (Å²) in [7, 11) is 0. The van der Waals surface area contributed by atoms with Crippen molar-refractivity contribution >= 4 is 18.0 Å². The van der Waals surface area contributed by atoms with Crippen LogP contribution in [0.2, 0.25) is 0 Å². The number of benzene rings is 2. The van der Waals surface area contributed by atoms with Crippen molar-refractivity contribution < 1.29 is 9.53 Å². The lowest BCUT2D eigenvalue weighted by Crippen LogP contribution is -2.26. The molecule has 1 aliphatic rings. The molecule has 0 radical (unpaired) electrons. The van der Waals surface area contributed by atoms with Gasteiger partial charge in [-0.15, -0.1) is 0 Å². The zero-order valence-corrected chi connectivity index (χ0v) is 16.3. The van der Waals surface area contributed by atoms with Crippen molar-refractivity contribution in [3.8, 4) is 11.1 Å². The number of anilines is 1. The average molecular weight is 385 g/mol. The molecule has 0 spiro atoms. The number of hydrogen-bond acceptors (Lipinski definition) is 4. The molecule has 0 saturated heterocycles. The van der Waals surface area contributed by atoms with Crippen molar-refractivity contribution in [1.29, 1.82) is 0 Å². The first-order valence-electron chi connectivity index (χ1n) is 9.61. The Morgan fingerprint density at radius 1 is 1.14 bits per heavy atom. The second-order valence-corrected chi connectivity index (χ2v) is 7.10. The molecule has 0 fully saturated rings. The van der Waals surface area contributed by atoms with Gasteiger partial charge in [0.15, 0.2) is 0 Å². The Labute approximate surface area is 170 Å². The third-order valence-electron chi connectivity index (χ3n) is 5.09. The monoisotopic (exact) mass is 385 g/mol. The number of rotatable bonds is 5. The maximum atomic E-state index is 12.2. The van der Waals surface area contributed by atoms with Gasteiger partial charge in [-0.3, -0.25) is 0 Å². The summed E-state index contributed by atoms with van der Waals surface area (Å²) in [4.78, 5) is 16.3. The Balaban J connectivity index is 1.34. The molecule has 1 amide bonds. The lowest BCUT2D eigenvalue weighted by molar-refractivity contribution is 0.144. The van der Waals surface area contributed by atoms with E-state index in [1.807, 2.05) is 49.4 Å². The van der Waals surface area contributed by atoms with E-state index >= 15 is 0 Å². The molecular formula is C24H23N3O2. The standard InChI is InChI=1S/C24H23N3O2/c1-16-13-17(23(25)27-14-16)7-6-12-26-24(28)29-15-22-20-10-4-2-8-18(20)19-9-3-5-11-21(19)22/h2-11,13-14,22H,12,15H2,1H3,(H2,25,27)(H,26,28). The number of nitrogens with two attached hydrogens (primary N) is 1. The van der Waals surface area contributed by atoms with E-state index in [-0.39, 0.29) is 5.92 Å². The van der Waals surface area contributed by atoms with Gasteiger partial charge in [0.1, 0.15) is 12.4 Å². The van der Waals surface area contributed by atoms with Crippen LogP contribution < -0.4 is 11.1 Å². The smallest absolute Gasteiger partial charge is 0.407 e. The van der Waals surface area contributed by atoms with E-state index in [1.54, 1.807) is 6.20 Å². The molecule has 0 bridgehead atoms. The van der Waals surface area contributed by atoms with Crippen molar-refractivity contribution in [3.63, 3.8) is 0 Å². The van der Waals surface area contributed by atoms with Crippen molar-refractivity contribution in [2.45, 2.75) is 12.8 Å². The molecule has 0 aliphatic heterocycles. The van der Waals surface area contributed by atoms with Crippen LogP contribution in [0, 0.1) is 6.92 Å². The van der Waals surface area contributed by atoms with E-state index in [9.17, 15) is 4.79 Å². The van der Waals surface area contributed by atoms with Crippen LogP contribution >= 0.6 is 0 Å². The lowest BCUT2D eigenvalue weighted by Gasteiger charge is -2.14. The molecular weight excluding hydrogens is 362 g/mol. The van der Waals surface area contributed by atoms with E-state index in [0.29, 0.717) is 19.0 Å². The van der Waals surface area contributed by atoms with E-state index in [2.05, 4.69) is 34.6 Å². The Kier molecular flexibility index (Phi) is 5.29. The first-order valence-corrected chi connectivity index (χ1v) is 9.61. The number of aromatic nitrogens is 1. The van der Waals surface area contributed by atoms with Crippen molar-refractivity contribution in [3.05, 3.63) is 89.1 Å². The predicted molar refractivity (Wildman–Crippen MR) is 115 cm³/mol. The number of pyridine rings is 1. The molecule has 1 aromatic heterocycles. The molecule has 146 valence electrons. The second-order valence-electron chi connectivity index (χ2n) is 7.10. The molecule has 0 unspecified atom stereocenters. The Morgan fingerprint density at radius 3 is 2.48 bits per heavy atom. The van der Waals surface area contributed by atoms with Crippen LogP contribution in [-0.2, 0) is 4.74 Å². The van der Waals surface area contributed by atoms with Crippen LogP contribution in [-0.4, -0.2) is 24.2 Å². The minimum atomic E-state index is -0.438. The molecule has 3 aromatic rings. The SMILES string of the molecule is Cc1cnc(N)c(C=CCNC(=O)OCC2c3ccccc3-c3ccccc32)c1. The van der Waals surface area contributed by atoms with Crippen LogP contribution in [0.25, 0.3) is 17.2 Å². The number of fused-ring (bicyclic) bond motifs is 3. The molecule has 5 heteroatoms.